The predicted molar refractivity (Wildman–Crippen MR) is 96.5 cm³/mol. The standard InChI is InChI=1S/C19H30N2O2/c1-4-5-6-7-8-9-18(22)20-16-10-12-17(13-11-16)21-19(23)14-15(2)3/h10-13,15H,4-9,14H2,1-3H3,(H,20,22)(H,21,23). The molecular formula is C19H30N2O2. The third-order valence-electron chi connectivity index (χ3n) is 3.55. The fourth-order valence-corrected chi connectivity index (χ4v) is 2.33. The van der Waals surface area contributed by atoms with E-state index in [9.17, 15) is 9.59 Å². The lowest BCUT2D eigenvalue weighted by molar-refractivity contribution is -0.117. The molecule has 1 aromatic rings. The van der Waals surface area contributed by atoms with Crippen molar-refractivity contribution >= 4 is 23.2 Å². The lowest BCUT2D eigenvalue weighted by Gasteiger charge is -2.09. The van der Waals surface area contributed by atoms with Crippen molar-refractivity contribution in [3.8, 4) is 0 Å². The molecule has 128 valence electrons. The fourth-order valence-electron chi connectivity index (χ4n) is 2.33. The third kappa shape index (κ3) is 9.01. The van der Waals surface area contributed by atoms with Crippen LogP contribution in [0.3, 0.4) is 0 Å². The molecule has 23 heavy (non-hydrogen) atoms. The molecule has 1 rings (SSSR count). The molecule has 4 nitrogen and oxygen atoms in total. The smallest absolute Gasteiger partial charge is 0.224 e. The van der Waals surface area contributed by atoms with E-state index in [2.05, 4.69) is 17.6 Å². The topological polar surface area (TPSA) is 58.2 Å². The van der Waals surface area contributed by atoms with Crippen LogP contribution in [0.2, 0.25) is 0 Å². The first-order chi connectivity index (χ1) is 11.0. The summed E-state index contributed by atoms with van der Waals surface area (Å²) in [6.07, 6.45) is 6.79. The molecule has 0 saturated heterocycles. The average Bonchev–Trinajstić information content (AvgIpc) is 2.48. The fraction of sp³-hybridized carbons (Fsp3) is 0.579. The van der Waals surface area contributed by atoms with Crippen LogP contribution in [0.5, 0.6) is 0 Å². The molecule has 0 aliphatic carbocycles. The van der Waals surface area contributed by atoms with E-state index in [0.29, 0.717) is 18.8 Å². The molecule has 0 aliphatic heterocycles. The van der Waals surface area contributed by atoms with Crippen molar-refractivity contribution in [1.29, 1.82) is 0 Å². The summed E-state index contributed by atoms with van der Waals surface area (Å²) < 4.78 is 0. The number of benzene rings is 1. The van der Waals surface area contributed by atoms with Gasteiger partial charge in [-0.25, -0.2) is 0 Å². The number of unbranched alkanes of at least 4 members (excludes halogenated alkanes) is 4. The number of hydrogen-bond acceptors (Lipinski definition) is 2. The van der Waals surface area contributed by atoms with Gasteiger partial charge in [0.05, 0.1) is 0 Å². The minimum Gasteiger partial charge on any atom is -0.326 e. The normalized spacial score (nSPS) is 10.6. The van der Waals surface area contributed by atoms with Gasteiger partial charge >= 0.3 is 0 Å². The van der Waals surface area contributed by atoms with Crippen LogP contribution < -0.4 is 10.6 Å². The summed E-state index contributed by atoms with van der Waals surface area (Å²) in [5.74, 6) is 0.410. The molecule has 1 aromatic carbocycles. The van der Waals surface area contributed by atoms with Gasteiger partial charge in [0.1, 0.15) is 0 Å². The minimum atomic E-state index is 0.0175. The molecule has 0 aromatic heterocycles. The Kier molecular flexibility index (Phi) is 9.03. The van der Waals surface area contributed by atoms with Gasteiger partial charge in [-0.05, 0) is 36.6 Å². The molecule has 0 heterocycles. The predicted octanol–water partition coefficient (Wildman–Crippen LogP) is 4.97. The van der Waals surface area contributed by atoms with Gasteiger partial charge in [0.2, 0.25) is 11.8 Å². The van der Waals surface area contributed by atoms with Crippen molar-refractivity contribution in [2.75, 3.05) is 10.6 Å². The van der Waals surface area contributed by atoms with Crippen molar-refractivity contribution in [3.05, 3.63) is 24.3 Å². The Hall–Kier alpha value is -1.84. The van der Waals surface area contributed by atoms with Crippen LogP contribution in [0.15, 0.2) is 24.3 Å². The van der Waals surface area contributed by atoms with E-state index >= 15 is 0 Å². The highest BCUT2D eigenvalue weighted by Gasteiger charge is 2.06. The number of carbonyl (C=O) groups is 2. The van der Waals surface area contributed by atoms with E-state index in [1.165, 1.54) is 19.3 Å². The maximum Gasteiger partial charge on any atom is 0.224 e. The molecule has 0 unspecified atom stereocenters. The van der Waals surface area contributed by atoms with Crippen molar-refractivity contribution in [3.63, 3.8) is 0 Å². The van der Waals surface area contributed by atoms with Crippen molar-refractivity contribution in [2.45, 2.75) is 65.7 Å². The summed E-state index contributed by atoms with van der Waals surface area (Å²) in [7, 11) is 0. The second-order valence-corrected chi connectivity index (χ2v) is 6.44. The zero-order valence-corrected chi connectivity index (χ0v) is 14.7. The lowest BCUT2D eigenvalue weighted by Crippen LogP contribution is -2.14. The van der Waals surface area contributed by atoms with Crippen LogP contribution in [-0.2, 0) is 9.59 Å². The number of nitrogens with one attached hydrogen (secondary N) is 2. The Morgan fingerprint density at radius 2 is 1.39 bits per heavy atom. The highest BCUT2D eigenvalue weighted by atomic mass is 16.2. The van der Waals surface area contributed by atoms with E-state index in [4.69, 9.17) is 0 Å². The monoisotopic (exact) mass is 318 g/mol. The molecule has 0 atom stereocenters. The summed E-state index contributed by atoms with van der Waals surface area (Å²) in [6, 6.07) is 7.27. The second kappa shape index (κ2) is 10.8. The quantitative estimate of drug-likeness (QED) is 0.598. The average molecular weight is 318 g/mol. The van der Waals surface area contributed by atoms with Crippen molar-refractivity contribution in [2.24, 2.45) is 5.92 Å². The maximum absolute atomic E-state index is 11.8. The Bertz CT molecular complexity index is 481. The Morgan fingerprint density at radius 3 is 1.91 bits per heavy atom. The molecule has 0 spiro atoms. The van der Waals surface area contributed by atoms with Gasteiger partial charge in [-0.2, -0.15) is 0 Å². The Balaban J connectivity index is 2.33. The third-order valence-corrected chi connectivity index (χ3v) is 3.55. The van der Waals surface area contributed by atoms with Crippen LogP contribution in [0.25, 0.3) is 0 Å². The molecule has 0 saturated carbocycles. The Morgan fingerprint density at radius 1 is 0.870 bits per heavy atom. The highest BCUT2D eigenvalue weighted by Crippen LogP contribution is 2.15. The van der Waals surface area contributed by atoms with Gasteiger partial charge in [0.15, 0.2) is 0 Å². The first-order valence-corrected chi connectivity index (χ1v) is 8.71. The van der Waals surface area contributed by atoms with Gasteiger partial charge in [0, 0.05) is 24.2 Å². The van der Waals surface area contributed by atoms with Crippen LogP contribution in [-0.4, -0.2) is 11.8 Å². The molecule has 4 heteroatoms. The van der Waals surface area contributed by atoms with Crippen molar-refractivity contribution < 1.29 is 9.59 Å². The number of amides is 2. The zero-order chi connectivity index (χ0) is 17.1. The summed E-state index contributed by atoms with van der Waals surface area (Å²) in [4.78, 5) is 23.5. The van der Waals surface area contributed by atoms with Gasteiger partial charge in [0.25, 0.3) is 0 Å². The number of hydrogen-bond donors (Lipinski definition) is 2. The maximum atomic E-state index is 11.8. The van der Waals surface area contributed by atoms with E-state index in [1.807, 2.05) is 38.1 Å². The van der Waals surface area contributed by atoms with Crippen LogP contribution in [0.1, 0.15) is 65.7 Å². The molecule has 0 bridgehead atoms. The molecule has 0 fully saturated rings. The summed E-state index contributed by atoms with van der Waals surface area (Å²) in [5.41, 5.74) is 1.53. The van der Waals surface area contributed by atoms with E-state index in [1.54, 1.807) is 0 Å². The number of anilines is 2. The molecule has 2 N–H and O–H groups in total. The molecule has 0 radical (unpaired) electrons. The molecule has 0 aliphatic rings. The lowest BCUT2D eigenvalue weighted by atomic mass is 10.1. The van der Waals surface area contributed by atoms with Gasteiger partial charge in [-0.15, -0.1) is 0 Å². The number of rotatable bonds is 10. The van der Waals surface area contributed by atoms with Crippen molar-refractivity contribution in [1.82, 2.24) is 0 Å². The first kappa shape index (κ1) is 19.2. The van der Waals surface area contributed by atoms with E-state index < -0.39 is 0 Å². The van der Waals surface area contributed by atoms with E-state index in [-0.39, 0.29) is 11.8 Å². The Labute approximate surface area is 140 Å². The summed E-state index contributed by atoms with van der Waals surface area (Å²) in [5, 5.41) is 5.75. The summed E-state index contributed by atoms with van der Waals surface area (Å²) in [6.45, 7) is 6.21. The second-order valence-electron chi connectivity index (χ2n) is 6.44. The molecule has 2 amide bonds. The van der Waals surface area contributed by atoms with Crippen LogP contribution in [0, 0.1) is 5.92 Å². The minimum absolute atomic E-state index is 0.0175. The van der Waals surface area contributed by atoms with Gasteiger partial charge in [-0.3, -0.25) is 9.59 Å². The van der Waals surface area contributed by atoms with Gasteiger partial charge < -0.3 is 10.6 Å². The SMILES string of the molecule is CCCCCCCC(=O)Nc1ccc(NC(=O)CC(C)C)cc1. The summed E-state index contributed by atoms with van der Waals surface area (Å²) >= 11 is 0. The molecular weight excluding hydrogens is 288 g/mol. The van der Waals surface area contributed by atoms with Gasteiger partial charge in [-0.1, -0.05) is 46.5 Å². The van der Waals surface area contributed by atoms with Crippen LogP contribution in [0.4, 0.5) is 11.4 Å². The van der Waals surface area contributed by atoms with E-state index in [0.717, 1.165) is 24.2 Å². The number of carbonyl (C=O) groups excluding carboxylic acids is 2. The van der Waals surface area contributed by atoms with Crippen LogP contribution >= 0.6 is 0 Å². The zero-order valence-electron chi connectivity index (χ0n) is 14.7. The largest absolute Gasteiger partial charge is 0.326 e. The first-order valence-electron chi connectivity index (χ1n) is 8.71. The highest BCUT2D eigenvalue weighted by molar-refractivity contribution is 5.92.